The van der Waals surface area contributed by atoms with Gasteiger partial charge < -0.3 is 10.1 Å². The molecular weight excluding hydrogens is 458 g/mol. The van der Waals surface area contributed by atoms with Crippen LogP contribution in [-0.4, -0.2) is 56.6 Å². The second-order valence-electron chi connectivity index (χ2n) is 8.67. The van der Waals surface area contributed by atoms with Gasteiger partial charge in [-0.25, -0.2) is 8.42 Å². The molecule has 2 aromatic rings. The second kappa shape index (κ2) is 9.55. The lowest BCUT2D eigenvalue weighted by Gasteiger charge is -2.31. The summed E-state index contributed by atoms with van der Waals surface area (Å²) < 4.78 is 33.3. The molecule has 2 aliphatic rings. The van der Waals surface area contributed by atoms with Crippen LogP contribution in [0, 0.1) is 5.92 Å². The fraction of sp³-hybridized carbons (Fsp3) is 0.375. The average Bonchev–Trinajstić information content (AvgIpc) is 2.81. The Morgan fingerprint density at radius 1 is 1.09 bits per heavy atom. The molecule has 2 heterocycles. The molecule has 0 atom stereocenters. The number of Topliss-reactive ketones (excluding diaryl/α,β-unsaturated/α-hetero) is 1. The van der Waals surface area contributed by atoms with Crippen molar-refractivity contribution >= 4 is 39.0 Å². The number of sulfonamides is 1. The quantitative estimate of drug-likeness (QED) is 0.630. The SMILES string of the molecule is CC(=O)c1ccc(NC(=O)CN2C(=O)COc3ccc(S(=O)(=O)N4CCC(C)CC4)cc32)cc1. The van der Waals surface area contributed by atoms with E-state index >= 15 is 0 Å². The third kappa shape index (κ3) is 4.97. The molecule has 180 valence electrons. The zero-order valence-corrected chi connectivity index (χ0v) is 19.9. The van der Waals surface area contributed by atoms with Gasteiger partial charge in [0.25, 0.3) is 5.91 Å². The molecule has 2 amide bonds. The van der Waals surface area contributed by atoms with Gasteiger partial charge in [0.2, 0.25) is 15.9 Å². The lowest BCUT2D eigenvalue weighted by atomic mass is 10.0. The van der Waals surface area contributed by atoms with Crippen molar-refractivity contribution in [2.24, 2.45) is 5.92 Å². The monoisotopic (exact) mass is 485 g/mol. The van der Waals surface area contributed by atoms with Gasteiger partial charge in [-0.3, -0.25) is 19.3 Å². The summed E-state index contributed by atoms with van der Waals surface area (Å²) in [5.41, 5.74) is 1.24. The Kier molecular flexibility index (Phi) is 6.72. The number of carbonyl (C=O) groups excluding carboxylic acids is 3. The lowest BCUT2D eigenvalue weighted by Crippen LogP contribution is -2.43. The molecule has 0 saturated carbocycles. The zero-order chi connectivity index (χ0) is 24.5. The summed E-state index contributed by atoms with van der Waals surface area (Å²) in [5, 5.41) is 2.70. The van der Waals surface area contributed by atoms with Crippen LogP contribution in [0.5, 0.6) is 5.75 Å². The van der Waals surface area contributed by atoms with Gasteiger partial charge >= 0.3 is 0 Å². The summed E-state index contributed by atoms with van der Waals surface area (Å²) in [6, 6.07) is 10.8. The number of hydrogen-bond acceptors (Lipinski definition) is 6. The molecule has 0 spiro atoms. The van der Waals surface area contributed by atoms with Crippen LogP contribution in [0.1, 0.15) is 37.0 Å². The number of hydrogen-bond donors (Lipinski definition) is 1. The number of rotatable bonds is 6. The van der Waals surface area contributed by atoms with E-state index in [1.54, 1.807) is 24.3 Å². The maximum absolute atomic E-state index is 13.2. The summed E-state index contributed by atoms with van der Waals surface area (Å²) in [4.78, 5) is 38.0. The highest BCUT2D eigenvalue weighted by atomic mass is 32.2. The molecule has 1 fully saturated rings. The van der Waals surface area contributed by atoms with Crippen molar-refractivity contribution in [2.45, 2.75) is 31.6 Å². The molecule has 2 aromatic carbocycles. The molecule has 0 unspecified atom stereocenters. The Morgan fingerprint density at radius 2 is 1.76 bits per heavy atom. The molecule has 34 heavy (non-hydrogen) atoms. The van der Waals surface area contributed by atoms with Gasteiger partial charge in [0, 0.05) is 24.3 Å². The third-order valence-corrected chi connectivity index (χ3v) is 8.03. The molecule has 1 N–H and O–H groups in total. The van der Waals surface area contributed by atoms with Gasteiger partial charge in [0.05, 0.1) is 10.6 Å². The molecule has 2 aliphatic heterocycles. The van der Waals surface area contributed by atoms with Crippen LogP contribution in [0.25, 0.3) is 0 Å². The second-order valence-corrected chi connectivity index (χ2v) is 10.6. The number of ether oxygens (including phenoxy) is 1. The lowest BCUT2D eigenvalue weighted by molar-refractivity contribution is -0.123. The third-order valence-electron chi connectivity index (χ3n) is 6.13. The van der Waals surface area contributed by atoms with Gasteiger partial charge in [0.1, 0.15) is 12.3 Å². The molecule has 0 aliphatic carbocycles. The van der Waals surface area contributed by atoms with Crippen molar-refractivity contribution in [1.82, 2.24) is 4.31 Å². The van der Waals surface area contributed by atoms with Crippen molar-refractivity contribution in [2.75, 3.05) is 36.5 Å². The van der Waals surface area contributed by atoms with Gasteiger partial charge in [0.15, 0.2) is 12.4 Å². The number of nitrogens with one attached hydrogen (secondary N) is 1. The van der Waals surface area contributed by atoms with Crippen LogP contribution in [0.15, 0.2) is 47.4 Å². The van der Waals surface area contributed by atoms with Gasteiger partial charge in [-0.05, 0) is 68.1 Å². The van der Waals surface area contributed by atoms with E-state index in [-0.39, 0.29) is 29.5 Å². The Morgan fingerprint density at radius 3 is 2.41 bits per heavy atom. The first-order valence-electron chi connectivity index (χ1n) is 11.1. The summed E-state index contributed by atoms with van der Waals surface area (Å²) in [7, 11) is -3.74. The Bertz CT molecular complexity index is 1220. The van der Waals surface area contributed by atoms with E-state index in [2.05, 4.69) is 12.2 Å². The standard InChI is InChI=1S/C24H27N3O6S/c1-16-9-11-26(12-10-16)34(31,32)20-7-8-22-21(13-20)27(24(30)15-33-22)14-23(29)25-19-5-3-18(4-6-19)17(2)28/h3-8,13,16H,9-12,14-15H2,1-2H3,(H,25,29). The molecule has 1 saturated heterocycles. The van der Waals surface area contributed by atoms with Crippen molar-refractivity contribution in [3.63, 3.8) is 0 Å². The molecule has 0 aromatic heterocycles. The Balaban J connectivity index is 1.54. The fourth-order valence-electron chi connectivity index (χ4n) is 4.02. The zero-order valence-electron chi connectivity index (χ0n) is 19.1. The highest BCUT2D eigenvalue weighted by Gasteiger charge is 2.32. The molecule has 9 nitrogen and oxygen atoms in total. The van der Waals surface area contributed by atoms with Crippen LogP contribution >= 0.6 is 0 Å². The van der Waals surface area contributed by atoms with E-state index in [0.29, 0.717) is 36.0 Å². The van der Waals surface area contributed by atoms with Crippen molar-refractivity contribution < 1.29 is 27.5 Å². The number of fused-ring (bicyclic) bond motifs is 1. The normalized spacial score (nSPS) is 17.1. The van der Waals surface area contributed by atoms with E-state index in [0.717, 1.165) is 12.8 Å². The maximum atomic E-state index is 13.2. The first kappa shape index (κ1) is 23.9. The highest BCUT2D eigenvalue weighted by molar-refractivity contribution is 7.89. The van der Waals surface area contributed by atoms with Crippen LogP contribution in [0.2, 0.25) is 0 Å². The summed E-state index contributed by atoms with van der Waals surface area (Å²) in [6.07, 6.45) is 1.59. The van der Waals surface area contributed by atoms with Gasteiger partial charge in [-0.2, -0.15) is 4.31 Å². The van der Waals surface area contributed by atoms with Crippen molar-refractivity contribution in [3.05, 3.63) is 48.0 Å². The minimum atomic E-state index is -3.74. The molecule has 10 heteroatoms. The minimum Gasteiger partial charge on any atom is -0.482 e. The number of benzene rings is 2. The fourth-order valence-corrected chi connectivity index (χ4v) is 5.51. The topological polar surface area (TPSA) is 113 Å². The molecule has 0 radical (unpaired) electrons. The Hall–Kier alpha value is -3.24. The number of nitrogens with zero attached hydrogens (tertiary/aromatic N) is 2. The number of amides is 2. The predicted octanol–water partition coefficient (Wildman–Crippen LogP) is 2.67. The minimum absolute atomic E-state index is 0.0596. The van der Waals surface area contributed by atoms with Gasteiger partial charge in [-0.15, -0.1) is 0 Å². The van der Waals surface area contributed by atoms with Crippen LogP contribution < -0.4 is 15.0 Å². The first-order valence-corrected chi connectivity index (χ1v) is 12.6. The van der Waals surface area contributed by atoms with E-state index in [9.17, 15) is 22.8 Å². The maximum Gasteiger partial charge on any atom is 0.265 e. The van der Waals surface area contributed by atoms with Gasteiger partial charge in [-0.1, -0.05) is 6.92 Å². The number of piperidine rings is 1. The van der Waals surface area contributed by atoms with Crippen LogP contribution in [0.4, 0.5) is 11.4 Å². The smallest absolute Gasteiger partial charge is 0.265 e. The summed E-state index contributed by atoms with van der Waals surface area (Å²) in [5.74, 6) is -0.178. The number of anilines is 2. The summed E-state index contributed by atoms with van der Waals surface area (Å²) in [6.45, 7) is 3.90. The van der Waals surface area contributed by atoms with E-state index < -0.39 is 21.8 Å². The number of carbonyl (C=O) groups is 3. The van der Waals surface area contributed by atoms with Crippen LogP contribution in [-0.2, 0) is 19.6 Å². The molecule has 0 bridgehead atoms. The molecule has 4 rings (SSSR count). The van der Waals surface area contributed by atoms with E-state index in [4.69, 9.17) is 4.74 Å². The van der Waals surface area contributed by atoms with E-state index in [1.165, 1.54) is 34.3 Å². The van der Waals surface area contributed by atoms with E-state index in [1.807, 2.05) is 0 Å². The molecular formula is C24H27N3O6S. The summed E-state index contributed by atoms with van der Waals surface area (Å²) >= 11 is 0. The predicted molar refractivity (Wildman–Crippen MR) is 127 cm³/mol. The number of ketones is 1. The van der Waals surface area contributed by atoms with Crippen molar-refractivity contribution in [3.8, 4) is 5.75 Å². The van der Waals surface area contributed by atoms with Crippen molar-refractivity contribution in [1.29, 1.82) is 0 Å². The first-order chi connectivity index (χ1) is 16.1. The van der Waals surface area contributed by atoms with Crippen LogP contribution in [0.3, 0.4) is 0 Å². The largest absolute Gasteiger partial charge is 0.482 e. The average molecular weight is 486 g/mol. The highest BCUT2D eigenvalue weighted by Crippen LogP contribution is 2.35. The Labute approximate surface area is 198 Å².